The third-order valence-electron chi connectivity index (χ3n) is 4.81. The predicted octanol–water partition coefficient (Wildman–Crippen LogP) is 3.27. The third kappa shape index (κ3) is 4.20. The summed E-state index contributed by atoms with van der Waals surface area (Å²) in [5.41, 5.74) is 0.518. The molecule has 0 aliphatic carbocycles. The number of imide groups is 1. The van der Waals surface area contributed by atoms with Crippen LogP contribution >= 0.6 is 23.1 Å². The van der Waals surface area contributed by atoms with Gasteiger partial charge in [0, 0.05) is 31.1 Å². The van der Waals surface area contributed by atoms with Crippen LogP contribution in [0, 0.1) is 5.82 Å². The van der Waals surface area contributed by atoms with Crippen LogP contribution in [0.3, 0.4) is 0 Å². The second-order valence-electron chi connectivity index (χ2n) is 6.60. The fourth-order valence-electron chi connectivity index (χ4n) is 3.28. The van der Waals surface area contributed by atoms with E-state index in [1.165, 1.54) is 17.4 Å². The van der Waals surface area contributed by atoms with E-state index in [1.807, 2.05) is 22.4 Å². The van der Waals surface area contributed by atoms with Gasteiger partial charge < -0.3 is 9.80 Å². The molecule has 1 aromatic heterocycles. The molecule has 2 fully saturated rings. The van der Waals surface area contributed by atoms with Gasteiger partial charge in [-0.2, -0.15) is 0 Å². The Morgan fingerprint density at radius 2 is 1.83 bits per heavy atom. The van der Waals surface area contributed by atoms with E-state index >= 15 is 0 Å². The maximum absolute atomic E-state index is 13.9. The number of para-hydroxylation sites is 1. The zero-order chi connectivity index (χ0) is 20.4. The molecule has 1 aromatic carbocycles. The van der Waals surface area contributed by atoms with Gasteiger partial charge >= 0.3 is 0 Å². The Hall–Kier alpha value is -2.65. The number of halogens is 1. The standard InChI is InChI=1S/C20H18FN3O3S2/c21-15-5-1-2-6-16(15)22-7-9-23(10-8-22)18(25)13-24-19(26)17(29-20(24)27)12-14-4-3-11-28-14/h1-6,11-12H,7-10,13H2/b17-12-. The topological polar surface area (TPSA) is 60.9 Å². The molecule has 3 heterocycles. The van der Waals surface area contributed by atoms with Crippen molar-refractivity contribution in [3.8, 4) is 0 Å². The molecule has 2 aliphatic rings. The van der Waals surface area contributed by atoms with Crippen molar-refractivity contribution in [2.24, 2.45) is 0 Å². The number of hydrogen-bond acceptors (Lipinski definition) is 6. The van der Waals surface area contributed by atoms with E-state index in [9.17, 15) is 18.8 Å². The summed E-state index contributed by atoms with van der Waals surface area (Å²) in [6, 6.07) is 10.3. The molecule has 0 bridgehead atoms. The number of piperazine rings is 1. The lowest BCUT2D eigenvalue weighted by molar-refractivity contribution is -0.136. The molecular formula is C20H18FN3O3S2. The predicted molar refractivity (Wildman–Crippen MR) is 112 cm³/mol. The van der Waals surface area contributed by atoms with E-state index in [-0.39, 0.29) is 18.3 Å². The van der Waals surface area contributed by atoms with Crippen molar-refractivity contribution in [3.05, 3.63) is 57.4 Å². The first-order valence-corrected chi connectivity index (χ1v) is 10.8. The van der Waals surface area contributed by atoms with E-state index in [0.29, 0.717) is 36.8 Å². The summed E-state index contributed by atoms with van der Waals surface area (Å²) in [5.74, 6) is -1.01. The molecule has 2 aromatic rings. The quantitative estimate of drug-likeness (QED) is 0.696. The lowest BCUT2D eigenvalue weighted by atomic mass is 10.2. The van der Waals surface area contributed by atoms with Crippen molar-refractivity contribution >= 4 is 51.9 Å². The number of anilines is 1. The lowest BCUT2D eigenvalue weighted by Gasteiger charge is -2.36. The molecule has 0 unspecified atom stereocenters. The first-order chi connectivity index (χ1) is 14.0. The van der Waals surface area contributed by atoms with Gasteiger partial charge in [0.25, 0.3) is 11.1 Å². The highest BCUT2D eigenvalue weighted by molar-refractivity contribution is 8.18. The molecule has 0 radical (unpaired) electrons. The molecule has 2 saturated heterocycles. The number of hydrogen-bond donors (Lipinski definition) is 0. The van der Waals surface area contributed by atoms with Crippen LogP contribution in [-0.4, -0.2) is 59.6 Å². The Morgan fingerprint density at radius 3 is 2.52 bits per heavy atom. The first-order valence-electron chi connectivity index (χ1n) is 9.09. The Labute approximate surface area is 175 Å². The average Bonchev–Trinajstić information content (AvgIpc) is 3.32. The second kappa shape index (κ2) is 8.38. The lowest BCUT2D eigenvalue weighted by Crippen LogP contribution is -2.51. The Bertz CT molecular complexity index is 969. The van der Waals surface area contributed by atoms with Crippen molar-refractivity contribution in [1.29, 1.82) is 0 Å². The highest BCUT2D eigenvalue weighted by atomic mass is 32.2. The smallest absolute Gasteiger partial charge is 0.294 e. The molecule has 4 rings (SSSR count). The number of carbonyl (C=O) groups is 3. The van der Waals surface area contributed by atoms with E-state index < -0.39 is 11.1 Å². The minimum atomic E-state index is -0.438. The van der Waals surface area contributed by atoms with Crippen LogP contribution < -0.4 is 4.90 Å². The molecule has 9 heteroatoms. The Kier molecular flexibility index (Phi) is 5.68. The van der Waals surface area contributed by atoms with Crippen LogP contribution in [-0.2, 0) is 9.59 Å². The van der Waals surface area contributed by atoms with Crippen LogP contribution in [0.1, 0.15) is 4.88 Å². The molecule has 3 amide bonds. The number of nitrogens with zero attached hydrogens (tertiary/aromatic N) is 3. The summed E-state index contributed by atoms with van der Waals surface area (Å²) >= 11 is 2.32. The summed E-state index contributed by atoms with van der Waals surface area (Å²) in [7, 11) is 0. The van der Waals surface area contributed by atoms with Gasteiger partial charge in [0.1, 0.15) is 12.4 Å². The van der Waals surface area contributed by atoms with Crippen LogP contribution in [0.15, 0.2) is 46.7 Å². The number of thiophene rings is 1. The van der Waals surface area contributed by atoms with E-state index in [1.54, 1.807) is 29.2 Å². The maximum atomic E-state index is 13.9. The molecule has 6 nitrogen and oxygen atoms in total. The van der Waals surface area contributed by atoms with Crippen molar-refractivity contribution < 1.29 is 18.8 Å². The second-order valence-corrected chi connectivity index (χ2v) is 8.57. The summed E-state index contributed by atoms with van der Waals surface area (Å²) in [5, 5.41) is 1.46. The van der Waals surface area contributed by atoms with Gasteiger partial charge in [0.15, 0.2) is 0 Å². The fraction of sp³-hybridized carbons (Fsp3) is 0.250. The first kappa shape index (κ1) is 19.7. The Morgan fingerprint density at radius 1 is 1.07 bits per heavy atom. The molecule has 0 spiro atoms. The molecule has 29 heavy (non-hydrogen) atoms. The van der Waals surface area contributed by atoms with Gasteiger partial charge in [-0.15, -0.1) is 11.3 Å². The highest BCUT2D eigenvalue weighted by Crippen LogP contribution is 2.33. The average molecular weight is 432 g/mol. The van der Waals surface area contributed by atoms with Gasteiger partial charge in [0.2, 0.25) is 5.91 Å². The summed E-state index contributed by atoms with van der Waals surface area (Å²) in [6.45, 7) is 1.54. The van der Waals surface area contributed by atoms with E-state index in [0.717, 1.165) is 21.5 Å². The van der Waals surface area contributed by atoms with Crippen LogP contribution in [0.25, 0.3) is 6.08 Å². The zero-order valence-electron chi connectivity index (χ0n) is 15.4. The zero-order valence-corrected chi connectivity index (χ0v) is 17.0. The van der Waals surface area contributed by atoms with Gasteiger partial charge in [-0.25, -0.2) is 4.39 Å². The Balaban J connectivity index is 1.36. The molecular weight excluding hydrogens is 413 g/mol. The number of benzene rings is 1. The number of thioether (sulfide) groups is 1. The van der Waals surface area contributed by atoms with Crippen molar-refractivity contribution in [1.82, 2.24) is 9.80 Å². The summed E-state index contributed by atoms with van der Waals surface area (Å²) < 4.78 is 13.9. The van der Waals surface area contributed by atoms with Gasteiger partial charge in [-0.3, -0.25) is 19.3 Å². The van der Waals surface area contributed by atoms with E-state index in [4.69, 9.17) is 0 Å². The molecule has 0 N–H and O–H groups in total. The fourth-order valence-corrected chi connectivity index (χ4v) is 4.84. The minimum Gasteiger partial charge on any atom is -0.366 e. The van der Waals surface area contributed by atoms with Crippen LogP contribution in [0.4, 0.5) is 14.9 Å². The summed E-state index contributed by atoms with van der Waals surface area (Å²) in [4.78, 5) is 43.1. The van der Waals surface area contributed by atoms with Crippen LogP contribution in [0.2, 0.25) is 0 Å². The largest absolute Gasteiger partial charge is 0.366 e. The number of carbonyl (C=O) groups excluding carboxylic acids is 3. The van der Waals surface area contributed by atoms with Gasteiger partial charge in [0.05, 0.1) is 10.6 Å². The molecule has 0 saturated carbocycles. The summed E-state index contributed by atoms with van der Waals surface area (Å²) in [6.07, 6.45) is 1.67. The normalized spacial score (nSPS) is 18.8. The maximum Gasteiger partial charge on any atom is 0.294 e. The monoisotopic (exact) mass is 431 g/mol. The molecule has 150 valence electrons. The van der Waals surface area contributed by atoms with Crippen molar-refractivity contribution in [2.75, 3.05) is 37.6 Å². The van der Waals surface area contributed by atoms with Crippen molar-refractivity contribution in [2.45, 2.75) is 0 Å². The molecule has 0 atom stereocenters. The number of rotatable bonds is 4. The van der Waals surface area contributed by atoms with Crippen molar-refractivity contribution in [3.63, 3.8) is 0 Å². The minimum absolute atomic E-state index is 0.272. The number of amides is 3. The highest BCUT2D eigenvalue weighted by Gasteiger charge is 2.37. The van der Waals surface area contributed by atoms with Crippen LogP contribution in [0.5, 0.6) is 0 Å². The van der Waals surface area contributed by atoms with Gasteiger partial charge in [-0.05, 0) is 41.4 Å². The van der Waals surface area contributed by atoms with E-state index in [2.05, 4.69) is 0 Å². The molecule has 2 aliphatic heterocycles. The SMILES string of the molecule is O=C(CN1C(=O)S/C(=C\c2cccs2)C1=O)N1CCN(c2ccccc2F)CC1. The van der Waals surface area contributed by atoms with Gasteiger partial charge in [-0.1, -0.05) is 18.2 Å². The third-order valence-corrected chi connectivity index (χ3v) is 6.54.